The van der Waals surface area contributed by atoms with Crippen LogP contribution in [0.15, 0.2) is 49.1 Å². The first kappa shape index (κ1) is 11.0. The van der Waals surface area contributed by atoms with E-state index in [1.54, 1.807) is 11.3 Å². The first-order valence-corrected chi connectivity index (χ1v) is 7.77. The Labute approximate surface area is 119 Å². The molecule has 0 spiro atoms. The molecule has 0 saturated heterocycles. The minimum absolute atomic E-state index is 0.771. The lowest BCUT2D eigenvalue weighted by molar-refractivity contribution is 0.416. The third kappa shape index (κ3) is 1.15. The van der Waals surface area contributed by atoms with E-state index in [-0.39, 0.29) is 0 Å². The Balaban J connectivity index is 1.80. The molecule has 1 saturated carbocycles. The maximum atomic E-state index is 3.97. The van der Waals surface area contributed by atoms with E-state index in [4.69, 9.17) is 0 Å². The van der Waals surface area contributed by atoms with Gasteiger partial charge in [-0.05, 0) is 42.2 Å². The highest BCUT2D eigenvalue weighted by Crippen LogP contribution is 2.59. The molecule has 2 bridgehead atoms. The lowest BCUT2D eigenvalue weighted by atomic mass is 9.85. The van der Waals surface area contributed by atoms with Crippen LogP contribution in [-0.2, 0) is 13.0 Å². The van der Waals surface area contributed by atoms with Crippen molar-refractivity contribution in [2.45, 2.75) is 25.3 Å². The van der Waals surface area contributed by atoms with Crippen molar-refractivity contribution in [3.63, 3.8) is 0 Å². The quantitative estimate of drug-likeness (QED) is 0.711. The molecular weight excluding hydrogens is 242 g/mol. The maximum Gasteiger partial charge on any atom is 0.0488 e. The summed E-state index contributed by atoms with van der Waals surface area (Å²) in [7, 11) is 0. The van der Waals surface area contributed by atoms with Crippen molar-refractivity contribution in [2.24, 2.45) is 17.8 Å². The molecule has 1 aromatic heterocycles. The zero-order valence-corrected chi connectivity index (χ0v) is 11.6. The summed E-state index contributed by atoms with van der Waals surface area (Å²) in [4.78, 5) is 0. The SMILES string of the molecule is C=CCn1c2c(c3ccccc31)C[C@H]1C3C=CC(C3)[C@@H]21. The van der Waals surface area contributed by atoms with Crippen molar-refractivity contribution in [1.29, 1.82) is 0 Å². The van der Waals surface area contributed by atoms with E-state index in [1.807, 2.05) is 6.08 Å². The number of hydrogen-bond acceptors (Lipinski definition) is 0. The van der Waals surface area contributed by atoms with Gasteiger partial charge in [0.15, 0.2) is 0 Å². The van der Waals surface area contributed by atoms with Gasteiger partial charge in [-0.25, -0.2) is 0 Å². The average Bonchev–Trinajstić information content (AvgIpc) is 3.18. The fourth-order valence-electron chi connectivity index (χ4n) is 5.16. The molecule has 0 N–H and O–H groups in total. The summed E-state index contributed by atoms with van der Waals surface area (Å²) < 4.78 is 2.54. The Morgan fingerprint density at radius 2 is 2.05 bits per heavy atom. The topological polar surface area (TPSA) is 4.93 Å². The summed E-state index contributed by atoms with van der Waals surface area (Å²) in [6, 6.07) is 8.93. The number of aromatic nitrogens is 1. The molecule has 1 aromatic carbocycles. The molecule has 1 fully saturated rings. The third-order valence-corrected chi connectivity index (χ3v) is 5.81. The highest BCUT2D eigenvalue weighted by Gasteiger charge is 2.51. The monoisotopic (exact) mass is 261 g/mol. The van der Waals surface area contributed by atoms with Crippen LogP contribution >= 0.6 is 0 Å². The molecule has 3 aliphatic rings. The van der Waals surface area contributed by atoms with Gasteiger partial charge in [0.2, 0.25) is 0 Å². The summed E-state index contributed by atoms with van der Waals surface area (Å²) in [5.74, 6) is 3.27. The molecule has 5 rings (SSSR count). The first-order chi connectivity index (χ1) is 9.88. The molecule has 20 heavy (non-hydrogen) atoms. The van der Waals surface area contributed by atoms with Gasteiger partial charge in [-0.15, -0.1) is 6.58 Å². The van der Waals surface area contributed by atoms with Crippen LogP contribution in [0.5, 0.6) is 0 Å². The summed E-state index contributed by atoms with van der Waals surface area (Å²) in [5.41, 5.74) is 4.67. The summed E-state index contributed by atoms with van der Waals surface area (Å²) in [5, 5.41) is 1.48. The fraction of sp³-hybridized carbons (Fsp3) is 0.368. The van der Waals surface area contributed by atoms with E-state index in [1.165, 1.54) is 23.7 Å². The lowest BCUT2D eigenvalue weighted by Gasteiger charge is -2.23. The van der Waals surface area contributed by atoms with Gasteiger partial charge in [-0.1, -0.05) is 36.4 Å². The second-order valence-corrected chi connectivity index (χ2v) is 6.62. The summed E-state index contributed by atoms with van der Waals surface area (Å²) in [6.07, 6.45) is 9.69. The van der Waals surface area contributed by atoms with E-state index in [2.05, 4.69) is 47.6 Å². The van der Waals surface area contributed by atoms with Gasteiger partial charge in [0, 0.05) is 29.1 Å². The van der Waals surface area contributed by atoms with Crippen LogP contribution in [-0.4, -0.2) is 4.57 Å². The zero-order valence-electron chi connectivity index (χ0n) is 11.6. The van der Waals surface area contributed by atoms with E-state index >= 15 is 0 Å². The number of hydrogen-bond donors (Lipinski definition) is 0. The molecule has 1 heteroatoms. The smallest absolute Gasteiger partial charge is 0.0488 e. The van der Waals surface area contributed by atoms with E-state index in [0.29, 0.717) is 0 Å². The van der Waals surface area contributed by atoms with Crippen LogP contribution in [0.1, 0.15) is 23.6 Å². The predicted octanol–water partition coefficient (Wildman–Crippen LogP) is 4.29. The molecule has 4 atom stereocenters. The predicted molar refractivity (Wildman–Crippen MR) is 82.8 cm³/mol. The van der Waals surface area contributed by atoms with Crippen molar-refractivity contribution in [1.82, 2.24) is 4.57 Å². The molecule has 0 amide bonds. The van der Waals surface area contributed by atoms with Crippen molar-refractivity contribution in [2.75, 3.05) is 0 Å². The average molecular weight is 261 g/mol. The van der Waals surface area contributed by atoms with E-state index in [9.17, 15) is 0 Å². The van der Waals surface area contributed by atoms with Crippen LogP contribution < -0.4 is 0 Å². The normalized spacial score (nSPS) is 32.8. The molecule has 2 aromatic rings. The second kappa shape index (κ2) is 3.66. The summed E-state index contributed by atoms with van der Waals surface area (Å²) in [6.45, 7) is 4.91. The van der Waals surface area contributed by atoms with Gasteiger partial charge in [-0.2, -0.15) is 0 Å². The second-order valence-electron chi connectivity index (χ2n) is 6.62. The number of nitrogens with zero attached hydrogens (tertiary/aromatic N) is 1. The van der Waals surface area contributed by atoms with Gasteiger partial charge in [0.1, 0.15) is 0 Å². The molecule has 100 valence electrons. The highest BCUT2D eigenvalue weighted by atomic mass is 15.0. The molecule has 0 aliphatic heterocycles. The van der Waals surface area contributed by atoms with Crippen LogP contribution in [0.25, 0.3) is 10.9 Å². The van der Waals surface area contributed by atoms with Gasteiger partial charge >= 0.3 is 0 Å². The van der Waals surface area contributed by atoms with Crippen molar-refractivity contribution >= 4 is 10.9 Å². The lowest BCUT2D eigenvalue weighted by Crippen LogP contribution is -2.16. The van der Waals surface area contributed by atoms with Crippen LogP contribution in [0, 0.1) is 17.8 Å². The van der Waals surface area contributed by atoms with Crippen molar-refractivity contribution in [3.8, 4) is 0 Å². The van der Waals surface area contributed by atoms with Gasteiger partial charge in [0.05, 0.1) is 0 Å². The Hall–Kier alpha value is -1.76. The minimum atomic E-state index is 0.771. The van der Waals surface area contributed by atoms with E-state index in [0.717, 1.165) is 30.2 Å². The van der Waals surface area contributed by atoms with Gasteiger partial charge in [-0.3, -0.25) is 0 Å². The zero-order chi connectivity index (χ0) is 13.3. The molecule has 3 aliphatic carbocycles. The molecule has 1 heterocycles. The molecule has 2 unspecified atom stereocenters. The number of rotatable bonds is 2. The number of fused-ring (bicyclic) bond motifs is 9. The first-order valence-electron chi connectivity index (χ1n) is 7.77. The third-order valence-electron chi connectivity index (χ3n) is 5.81. The fourth-order valence-corrected chi connectivity index (χ4v) is 5.16. The summed E-state index contributed by atoms with van der Waals surface area (Å²) >= 11 is 0. The Kier molecular flexibility index (Phi) is 2.01. The highest BCUT2D eigenvalue weighted by molar-refractivity contribution is 5.87. The molecule has 1 nitrogen and oxygen atoms in total. The number of benzene rings is 1. The van der Waals surface area contributed by atoms with Crippen molar-refractivity contribution < 1.29 is 0 Å². The molecular formula is C19H19N. The van der Waals surface area contributed by atoms with Crippen LogP contribution in [0.3, 0.4) is 0 Å². The van der Waals surface area contributed by atoms with Gasteiger partial charge in [0.25, 0.3) is 0 Å². The maximum absolute atomic E-state index is 3.97. The number of allylic oxidation sites excluding steroid dienone is 3. The standard InChI is InChI=1S/C19H19N/c1-2-9-20-17-6-4-3-5-14(17)16-11-15-12-7-8-13(10-12)18(15)19(16)20/h2-8,12-13,15,18H,1,9-11H2/t12?,13?,15-,18+/m0/s1. The Morgan fingerprint density at radius 3 is 2.95 bits per heavy atom. The van der Waals surface area contributed by atoms with Crippen molar-refractivity contribution in [3.05, 3.63) is 60.3 Å². The molecule has 0 radical (unpaired) electrons. The van der Waals surface area contributed by atoms with Gasteiger partial charge < -0.3 is 4.57 Å². The largest absolute Gasteiger partial charge is 0.340 e. The van der Waals surface area contributed by atoms with Crippen LogP contribution in [0.2, 0.25) is 0 Å². The van der Waals surface area contributed by atoms with Crippen LogP contribution in [0.4, 0.5) is 0 Å². The minimum Gasteiger partial charge on any atom is -0.340 e. The Morgan fingerprint density at radius 1 is 1.20 bits per heavy atom. The van der Waals surface area contributed by atoms with E-state index < -0.39 is 0 Å². The number of para-hydroxylation sites is 1. The Bertz CT molecular complexity index is 748.